The Bertz CT molecular complexity index is 1160. The van der Waals surface area contributed by atoms with Crippen LogP contribution in [0.4, 0.5) is 10.1 Å². The average molecular weight is 512 g/mol. The van der Waals surface area contributed by atoms with E-state index in [4.69, 9.17) is 23.2 Å². The zero-order valence-corrected chi connectivity index (χ0v) is 21.3. The molecule has 3 atom stereocenters. The lowest BCUT2D eigenvalue weighted by atomic mass is 9.60. The van der Waals surface area contributed by atoms with Gasteiger partial charge in [0.25, 0.3) is 0 Å². The second-order valence-electron chi connectivity index (χ2n) is 9.81. The van der Waals surface area contributed by atoms with Crippen LogP contribution in [0.3, 0.4) is 0 Å². The quantitative estimate of drug-likeness (QED) is 0.460. The number of carbonyl (C=O) groups excluding carboxylic acids is 1. The molecule has 4 rings (SSSR count). The molecule has 1 aliphatic heterocycles. The molecule has 1 amide bonds. The van der Waals surface area contributed by atoms with Crippen molar-refractivity contribution in [1.82, 2.24) is 0 Å². The van der Waals surface area contributed by atoms with E-state index in [1.165, 1.54) is 41.3 Å². The molecule has 2 aliphatic rings. The summed E-state index contributed by atoms with van der Waals surface area (Å²) in [6.45, 7) is 5.84. The van der Waals surface area contributed by atoms with Crippen LogP contribution in [-0.4, -0.2) is 20.4 Å². The number of halogens is 3. The number of hydrogen-bond donors (Lipinski definition) is 0. The highest BCUT2D eigenvalue weighted by Gasteiger charge is 2.53. The maximum absolute atomic E-state index is 15.5. The molecule has 2 aromatic carbocycles. The second kappa shape index (κ2) is 8.86. The van der Waals surface area contributed by atoms with Gasteiger partial charge < -0.3 is 4.90 Å². The first kappa shape index (κ1) is 24.5. The predicted molar refractivity (Wildman–Crippen MR) is 130 cm³/mol. The number of nitrogens with zero attached hydrogens (tertiary/aromatic N) is 1. The third kappa shape index (κ3) is 4.42. The summed E-state index contributed by atoms with van der Waals surface area (Å²) in [6.07, 6.45) is 4.20. The molecule has 1 aliphatic carbocycles. The fraction of sp³-hybridized carbons (Fsp3) is 0.480. The molecular weight excluding hydrogens is 484 g/mol. The van der Waals surface area contributed by atoms with E-state index in [2.05, 4.69) is 0 Å². The van der Waals surface area contributed by atoms with Crippen molar-refractivity contribution in [3.8, 4) is 0 Å². The molecule has 1 saturated heterocycles. The minimum atomic E-state index is -3.72. The Balaban J connectivity index is 1.68. The topological polar surface area (TPSA) is 54.5 Å². The largest absolute Gasteiger partial charge is 0.305 e. The minimum absolute atomic E-state index is 0.0407. The van der Waals surface area contributed by atoms with Gasteiger partial charge in [-0.2, -0.15) is 0 Å². The Labute approximate surface area is 205 Å². The Kier molecular flexibility index (Phi) is 6.58. The Hall–Kier alpha value is -1.63. The van der Waals surface area contributed by atoms with Crippen LogP contribution in [0.5, 0.6) is 0 Å². The van der Waals surface area contributed by atoms with Crippen LogP contribution in [0, 0.1) is 23.1 Å². The van der Waals surface area contributed by atoms with E-state index >= 15 is 4.39 Å². The summed E-state index contributed by atoms with van der Waals surface area (Å²) in [5.41, 5.74) is -0.355. The van der Waals surface area contributed by atoms with Gasteiger partial charge in [-0.15, -0.1) is 0 Å². The lowest BCUT2D eigenvalue weighted by molar-refractivity contribution is -0.137. The molecule has 178 valence electrons. The van der Waals surface area contributed by atoms with Crippen LogP contribution in [0.2, 0.25) is 10.0 Å². The van der Waals surface area contributed by atoms with Crippen LogP contribution < -0.4 is 4.90 Å². The van der Waals surface area contributed by atoms with Crippen molar-refractivity contribution < 1.29 is 17.6 Å². The fourth-order valence-electron chi connectivity index (χ4n) is 5.66. The summed E-state index contributed by atoms with van der Waals surface area (Å²) in [5.74, 6) is -0.706. The lowest BCUT2D eigenvalue weighted by Crippen LogP contribution is -2.60. The summed E-state index contributed by atoms with van der Waals surface area (Å²) >= 11 is 12.4. The van der Waals surface area contributed by atoms with Gasteiger partial charge in [0.05, 0.1) is 21.4 Å². The maximum Gasteiger partial charge on any atom is 0.233 e. The van der Waals surface area contributed by atoms with E-state index in [0.29, 0.717) is 5.02 Å². The molecule has 0 N–H and O–H groups in total. The highest BCUT2D eigenvalue weighted by atomic mass is 35.5. The van der Waals surface area contributed by atoms with Crippen LogP contribution in [0.25, 0.3) is 0 Å². The Morgan fingerprint density at radius 1 is 1.09 bits per heavy atom. The second-order valence-corrected chi connectivity index (χ2v) is 12.6. The van der Waals surface area contributed by atoms with E-state index in [9.17, 15) is 13.2 Å². The average Bonchev–Trinajstić information content (AvgIpc) is 2.74. The molecule has 4 nitrogen and oxygen atoms in total. The smallest absolute Gasteiger partial charge is 0.233 e. The number of anilines is 1. The number of rotatable bonds is 4. The van der Waals surface area contributed by atoms with Crippen molar-refractivity contribution in [3.63, 3.8) is 0 Å². The number of fused-ring (bicyclic) bond motifs is 1. The summed E-state index contributed by atoms with van der Waals surface area (Å²) in [7, 11) is -3.72. The van der Waals surface area contributed by atoms with Gasteiger partial charge >= 0.3 is 0 Å². The third-order valence-corrected chi connectivity index (χ3v) is 9.63. The normalized spacial score (nSPS) is 25.1. The molecule has 0 bridgehead atoms. The first-order valence-corrected chi connectivity index (χ1v) is 13.6. The van der Waals surface area contributed by atoms with Crippen molar-refractivity contribution in [2.24, 2.45) is 17.3 Å². The molecule has 2 aromatic rings. The molecule has 0 aromatic heterocycles. The molecule has 0 radical (unpaired) electrons. The summed E-state index contributed by atoms with van der Waals surface area (Å²) in [6, 6.07) is 8.26. The molecule has 1 heterocycles. The van der Waals surface area contributed by atoms with Gasteiger partial charge in [0.15, 0.2) is 9.84 Å². The van der Waals surface area contributed by atoms with Gasteiger partial charge in [0.2, 0.25) is 5.91 Å². The maximum atomic E-state index is 15.5. The molecule has 8 heteroatoms. The van der Waals surface area contributed by atoms with Crippen molar-refractivity contribution in [2.45, 2.75) is 63.1 Å². The molecule has 3 unspecified atom stereocenters. The van der Waals surface area contributed by atoms with E-state index in [-0.39, 0.29) is 45.0 Å². The molecular formula is C25H28Cl2FNO3S. The van der Waals surface area contributed by atoms with Crippen molar-refractivity contribution in [2.75, 3.05) is 4.90 Å². The van der Waals surface area contributed by atoms with Gasteiger partial charge in [0.1, 0.15) is 5.82 Å². The van der Waals surface area contributed by atoms with Gasteiger partial charge in [-0.25, -0.2) is 12.8 Å². The number of sulfone groups is 1. The van der Waals surface area contributed by atoms with Gasteiger partial charge in [-0.05, 0) is 73.6 Å². The van der Waals surface area contributed by atoms with Crippen molar-refractivity contribution in [1.29, 1.82) is 0 Å². The molecule has 33 heavy (non-hydrogen) atoms. The zero-order valence-electron chi connectivity index (χ0n) is 18.9. The third-order valence-electron chi connectivity index (χ3n) is 7.39. The first-order chi connectivity index (χ1) is 15.4. The van der Waals surface area contributed by atoms with E-state index in [0.717, 1.165) is 25.7 Å². The van der Waals surface area contributed by atoms with Crippen LogP contribution in [0.1, 0.15) is 52.0 Å². The van der Waals surface area contributed by atoms with Crippen LogP contribution in [-0.2, 0) is 20.4 Å². The summed E-state index contributed by atoms with van der Waals surface area (Å²) in [5, 5.41) is 0.470. The van der Waals surface area contributed by atoms with Crippen molar-refractivity contribution in [3.05, 3.63) is 57.8 Å². The monoisotopic (exact) mass is 511 g/mol. The molecule has 0 spiro atoms. The number of benzene rings is 2. The SMILES string of the molecule is CC1C2CCCCC2C(C)(C)C(=O)N1c1c(F)cc(CS(=O)(=O)c2ccc(Cl)cc2)cc1Cl. The first-order valence-electron chi connectivity index (χ1n) is 11.2. The Morgan fingerprint density at radius 2 is 1.73 bits per heavy atom. The standard InChI is InChI=1S/C25H28Cl2FNO3S/c1-15-19-6-4-5-7-20(19)25(2,3)24(30)29(15)23-21(27)12-16(13-22(23)28)14-33(31,32)18-10-8-17(26)9-11-18/h8-13,15,19-20H,4-7,14H2,1-3H3. The number of amides is 1. The van der Waals surface area contributed by atoms with E-state index < -0.39 is 26.8 Å². The minimum Gasteiger partial charge on any atom is -0.305 e. The Morgan fingerprint density at radius 3 is 2.36 bits per heavy atom. The number of carbonyl (C=O) groups is 1. The molecule has 2 fully saturated rings. The van der Waals surface area contributed by atoms with Gasteiger partial charge in [-0.3, -0.25) is 4.79 Å². The fourth-order valence-corrected chi connectivity index (χ4v) is 7.43. The highest BCUT2D eigenvalue weighted by molar-refractivity contribution is 7.90. The zero-order chi connectivity index (χ0) is 24.1. The number of piperidine rings is 1. The van der Waals surface area contributed by atoms with E-state index in [1.807, 2.05) is 20.8 Å². The highest BCUT2D eigenvalue weighted by Crippen LogP contribution is 2.51. The van der Waals surface area contributed by atoms with Gasteiger partial charge in [0, 0.05) is 16.5 Å². The predicted octanol–water partition coefficient (Wildman–Crippen LogP) is 6.67. The van der Waals surface area contributed by atoms with Crippen LogP contribution >= 0.6 is 23.2 Å². The number of hydrogen-bond acceptors (Lipinski definition) is 3. The van der Waals surface area contributed by atoms with Gasteiger partial charge in [-0.1, -0.05) is 49.9 Å². The summed E-state index contributed by atoms with van der Waals surface area (Å²) in [4.78, 5) is 15.1. The van der Waals surface area contributed by atoms with Crippen molar-refractivity contribution >= 4 is 44.6 Å². The van der Waals surface area contributed by atoms with E-state index in [1.54, 1.807) is 0 Å². The summed E-state index contributed by atoms with van der Waals surface area (Å²) < 4.78 is 41.0. The lowest BCUT2D eigenvalue weighted by Gasteiger charge is -2.53. The van der Waals surface area contributed by atoms with Crippen LogP contribution in [0.15, 0.2) is 41.3 Å². The molecule has 1 saturated carbocycles.